The van der Waals surface area contributed by atoms with Crippen LogP contribution >= 0.6 is 0 Å². The number of carbonyl (C=O) groups excluding carboxylic acids is 2. The van der Waals surface area contributed by atoms with Crippen LogP contribution in [0.15, 0.2) is 67.0 Å². The molecular formula is C27H29N3O4. The van der Waals surface area contributed by atoms with Crippen molar-refractivity contribution < 1.29 is 19.1 Å². The fraction of sp³-hybridized carbons (Fsp3) is 0.296. The van der Waals surface area contributed by atoms with Crippen LogP contribution in [-0.4, -0.2) is 41.4 Å². The van der Waals surface area contributed by atoms with Crippen molar-refractivity contribution in [3.8, 4) is 11.5 Å². The topological polar surface area (TPSA) is 80.8 Å². The lowest BCUT2D eigenvalue weighted by atomic mass is 10.1. The van der Waals surface area contributed by atoms with Crippen LogP contribution in [0.1, 0.15) is 51.6 Å². The highest BCUT2D eigenvalue weighted by atomic mass is 16.5. The van der Waals surface area contributed by atoms with Crippen molar-refractivity contribution in [3.63, 3.8) is 0 Å². The van der Waals surface area contributed by atoms with Crippen LogP contribution in [0.25, 0.3) is 0 Å². The summed E-state index contributed by atoms with van der Waals surface area (Å²) >= 11 is 0. The average Bonchev–Trinajstić information content (AvgIpc) is 3.68. The van der Waals surface area contributed by atoms with Gasteiger partial charge in [-0.15, -0.1) is 0 Å². The molecule has 1 aromatic heterocycles. The van der Waals surface area contributed by atoms with E-state index in [1.807, 2.05) is 31.2 Å². The molecule has 0 saturated heterocycles. The Hall–Kier alpha value is -3.87. The number of amides is 2. The molecule has 4 rings (SSSR count). The third-order valence-electron chi connectivity index (χ3n) is 5.50. The first kappa shape index (κ1) is 23.3. The highest BCUT2D eigenvalue weighted by molar-refractivity contribution is 5.95. The van der Waals surface area contributed by atoms with Crippen LogP contribution in [0, 0.1) is 0 Å². The first-order valence-corrected chi connectivity index (χ1v) is 11.5. The molecule has 2 aromatic carbocycles. The van der Waals surface area contributed by atoms with Gasteiger partial charge in [-0.25, -0.2) is 0 Å². The number of nitrogens with one attached hydrogen (secondary N) is 1. The Morgan fingerprint density at radius 3 is 2.44 bits per heavy atom. The number of ether oxygens (including phenoxy) is 2. The van der Waals surface area contributed by atoms with E-state index in [4.69, 9.17) is 9.47 Å². The number of rotatable bonds is 10. The Labute approximate surface area is 199 Å². The van der Waals surface area contributed by atoms with Gasteiger partial charge in [0.2, 0.25) is 0 Å². The minimum Gasteiger partial charge on any atom is -0.490 e. The lowest BCUT2D eigenvalue weighted by Crippen LogP contribution is -2.27. The smallest absolute Gasteiger partial charge is 0.254 e. The number of carbonyl (C=O) groups is 2. The van der Waals surface area contributed by atoms with Crippen molar-refractivity contribution in [2.24, 2.45) is 0 Å². The molecule has 1 aliphatic rings. The fourth-order valence-corrected chi connectivity index (χ4v) is 3.50. The van der Waals surface area contributed by atoms with Gasteiger partial charge < -0.3 is 19.7 Å². The van der Waals surface area contributed by atoms with E-state index >= 15 is 0 Å². The van der Waals surface area contributed by atoms with Gasteiger partial charge in [-0.1, -0.05) is 18.2 Å². The van der Waals surface area contributed by atoms with Crippen LogP contribution in [-0.2, 0) is 13.2 Å². The largest absolute Gasteiger partial charge is 0.490 e. The molecule has 0 radical (unpaired) electrons. The van der Waals surface area contributed by atoms with Gasteiger partial charge in [-0.05, 0) is 61.7 Å². The predicted molar refractivity (Wildman–Crippen MR) is 129 cm³/mol. The lowest BCUT2D eigenvalue weighted by molar-refractivity contribution is 0.0784. The Morgan fingerprint density at radius 1 is 1.00 bits per heavy atom. The van der Waals surface area contributed by atoms with E-state index in [1.165, 1.54) is 0 Å². The number of hydrogen-bond donors (Lipinski definition) is 1. The maximum Gasteiger partial charge on any atom is 0.254 e. The Balaban J connectivity index is 1.39. The van der Waals surface area contributed by atoms with Crippen LogP contribution in [0.2, 0.25) is 0 Å². The van der Waals surface area contributed by atoms with Gasteiger partial charge in [0.25, 0.3) is 11.8 Å². The van der Waals surface area contributed by atoms with Gasteiger partial charge in [-0.2, -0.15) is 0 Å². The second-order valence-corrected chi connectivity index (χ2v) is 8.35. The van der Waals surface area contributed by atoms with Gasteiger partial charge in [0, 0.05) is 48.7 Å². The summed E-state index contributed by atoms with van der Waals surface area (Å²) in [5, 5.41) is 2.98. The molecule has 176 valence electrons. The van der Waals surface area contributed by atoms with Gasteiger partial charge in [0.05, 0.1) is 6.61 Å². The quantitative estimate of drug-likeness (QED) is 0.491. The van der Waals surface area contributed by atoms with Crippen LogP contribution in [0.4, 0.5) is 0 Å². The Bertz CT molecular complexity index is 1130. The Morgan fingerprint density at radius 2 is 1.76 bits per heavy atom. The molecule has 7 heteroatoms. The molecule has 0 bridgehead atoms. The summed E-state index contributed by atoms with van der Waals surface area (Å²) in [6.07, 6.45) is 5.57. The second kappa shape index (κ2) is 10.8. The third-order valence-corrected chi connectivity index (χ3v) is 5.50. The van der Waals surface area contributed by atoms with Gasteiger partial charge in [0.1, 0.15) is 6.61 Å². The zero-order valence-corrected chi connectivity index (χ0v) is 19.5. The van der Waals surface area contributed by atoms with Crippen molar-refractivity contribution in [3.05, 3.63) is 89.2 Å². The van der Waals surface area contributed by atoms with E-state index in [2.05, 4.69) is 10.3 Å². The first-order chi connectivity index (χ1) is 16.5. The average molecular weight is 460 g/mol. The molecule has 2 amide bonds. The molecule has 34 heavy (non-hydrogen) atoms. The first-order valence-electron chi connectivity index (χ1n) is 11.5. The molecule has 1 saturated carbocycles. The van der Waals surface area contributed by atoms with Crippen LogP contribution < -0.4 is 14.8 Å². The predicted octanol–water partition coefficient (Wildman–Crippen LogP) is 4.22. The summed E-state index contributed by atoms with van der Waals surface area (Å²) in [6.45, 7) is 3.12. The maximum atomic E-state index is 13.1. The Kier molecular flexibility index (Phi) is 7.42. The van der Waals surface area contributed by atoms with Crippen molar-refractivity contribution in [1.29, 1.82) is 0 Å². The van der Waals surface area contributed by atoms with Crippen molar-refractivity contribution >= 4 is 11.8 Å². The molecule has 1 fully saturated rings. The summed E-state index contributed by atoms with van der Waals surface area (Å²) < 4.78 is 11.6. The van der Waals surface area contributed by atoms with E-state index in [0.29, 0.717) is 48.4 Å². The summed E-state index contributed by atoms with van der Waals surface area (Å²) in [6, 6.07) is 16.7. The van der Waals surface area contributed by atoms with Crippen molar-refractivity contribution in [2.75, 3.05) is 13.7 Å². The minimum atomic E-state index is -0.129. The highest BCUT2D eigenvalue weighted by Gasteiger charge is 2.23. The summed E-state index contributed by atoms with van der Waals surface area (Å²) in [5.74, 6) is 0.921. The standard InChI is InChI=1S/C27H29N3O4/c1-3-33-25-15-22(10-13-24(25)34-18-20-5-4-14-28-16-20)27(32)30(2)17-19-6-8-21(9-7-19)26(31)29-23-11-12-23/h4-10,13-16,23H,3,11-12,17-18H2,1-2H3,(H,29,31). The minimum absolute atomic E-state index is 0.0484. The van der Waals surface area contributed by atoms with Crippen LogP contribution in [0.3, 0.4) is 0 Å². The second-order valence-electron chi connectivity index (χ2n) is 8.35. The molecule has 0 unspecified atom stereocenters. The molecule has 0 spiro atoms. The molecule has 0 aliphatic heterocycles. The zero-order valence-electron chi connectivity index (χ0n) is 19.5. The normalized spacial score (nSPS) is 12.6. The van der Waals surface area contributed by atoms with E-state index in [0.717, 1.165) is 24.0 Å². The molecule has 3 aromatic rings. The molecule has 1 N–H and O–H groups in total. The van der Waals surface area contributed by atoms with Gasteiger partial charge in [0.15, 0.2) is 11.5 Å². The number of aromatic nitrogens is 1. The fourth-order valence-electron chi connectivity index (χ4n) is 3.50. The highest BCUT2D eigenvalue weighted by Crippen LogP contribution is 2.30. The van der Waals surface area contributed by atoms with Gasteiger partial charge in [-0.3, -0.25) is 14.6 Å². The number of benzene rings is 2. The molecule has 7 nitrogen and oxygen atoms in total. The van der Waals surface area contributed by atoms with E-state index in [9.17, 15) is 9.59 Å². The third kappa shape index (κ3) is 6.13. The number of hydrogen-bond acceptors (Lipinski definition) is 5. The monoisotopic (exact) mass is 459 g/mol. The summed E-state index contributed by atoms with van der Waals surface area (Å²) in [5.41, 5.74) is 3.04. The van der Waals surface area contributed by atoms with E-state index < -0.39 is 0 Å². The SMILES string of the molecule is CCOc1cc(C(=O)N(C)Cc2ccc(C(=O)NC3CC3)cc2)ccc1OCc1cccnc1. The summed E-state index contributed by atoms with van der Waals surface area (Å²) in [7, 11) is 1.75. The van der Waals surface area contributed by atoms with Crippen molar-refractivity contribution in [1.82, 2.24) is 15.2 Å². The molecule has 0 atom stereocenters. The number of nitrogens with zero attached hydrogens (tertiary/aromatic N) is 2. The van der Waals surface area contributed by atoms with E-state index in [1.54, 1.807) is 54.7 Å². The summed E-state index contributed by atoms with van der Waals surface area (Å²) in [4.78, 5) is 30.9. The number of pyridine rings is 1. The molecule has 1 aliphatic carbocycles. The zero-order chi connectivity index (χ0) is 23.9. The van der Waals surface area contributed by atoms with E-state index in [-0.39, 0.29) is 11.8 Å². The molecule has 1 heterocycles. The van der Waals surface area contributed by atoms with Crippen LogP contribution in [0.5, 0.6) is 11.5 Å². The molecular weight excluding hydrogens is 430 g/mol. The van der Waals surface area contributed by atoms with Gasteiger partial charge >= 0.3 is 0 Å². The maximum absolute atomic E-state index is 13.1. The van der Waals surface area contributed by atoms with Crippen molar-refractivity contribution in [2.45, 2.75) is 39.0 Å². The lowest BCUT2D eigenvalue weighted by Gasteiger charge is -2.19.